The Hall–Kier alpha value is -2.55. The van der Waals surface area contributed by atoms with Gasteiger partial charge in [-0.2, -0.15) is 18.4 Å². The summed E-state index contributed by atoms with van der Waals surface area (Å²) in [6.45, 7) is 0. The fraction of sp³-hybridized carbons (Fsp3) is 0.368. The molecule has 1 aliphatic carbocycles. The number of benzene rings is 1. The van der Waals surface area contributed by atoms with Gasteiger partial charge in [0.25, 0.3) is 0 Å². The summed E-state index contributed by atoms with van der Waals surface area (Å²) in [6, 6.07) is 7.00. The van der Waals surface area contributed by atoms with Gasteiger partial charge < -0.3 is 5.73 Å². The maximum absolute atomic E-state index is 12.8. The van der Waals surface area contributed by atoms with E-state index in [-0.39, 0.29) is 11.4 Å². The zero-order chi connectivity index (χ0) is 18.0. The molecule has 0 unspecified atom stereocenters. The van der Waals surface area contributed by atoms with Crippen molar-refractivity contribution in [2.75, 3.05) is 5.73 Å². The Morgan fingerprint density at radius 1 is 1.00 bits per heavy atom. The molecule has 3 rings (SSSR count). The minimum absolute atomic E-state index is 0.150. The molecule has 0 radical (unpaired) electrons. The highest BCUT2D eigenvalue weighted by Gasteiger charge is 2.30. The van der Waals surface area contributed by atoms with E-state index in [0.717, 1.165) is 61.9 Å². The number of aromatic nitrogens is 1. The van der Waals surface area contributed by atoms with Gasteiger partial charge in [0.15, 0.2) is 0 Å². The molecule has 0 aliphatic heterocycles. The smallest absolute Gasteiger partial charge is 0.383 e. The van der Waals surface area contributed by atoms with Gasteiger partial charge in [0, 0.05) is 11.3 Å². The summed E-state index contributed by atoms with van der Waals surface area (Å²) in [5, 5.41) is 9.52. The summed E-state index contributed by atoms with van der Waals surface area (Å²) >= 11 is 0. The van der Waals surface area contributed by atoms with E-state index < -0.39 is 11.7 Å². The van der Waals surface area contributed by atoms with Crippen molar-refractivity contribution >= 4 is 5.82 Å². The Labute approximate surface area is 144 Å². The van der Waals surface area contributed by atoms with Crippen molar-refractivity contribution in [3.05, 3.63) is 46.6 Å². The first kappa shape index (κ1) is 17.3. The molecule has 1 heterocycles. The van der Waals surface area contributed by atoms with Gasteiger partial charge in [-0.15, -0.1) is 0 Å². The maximum atomic E-state index is 12.8. The number of nitriles is 1. The van der Waals surface area contributed by atoms with E-state index in [9.17, 15) is 18.4 Å². The zero-order valence-corrected chi connectivity index (χ0v) is 13.7. The van der Waals surface area contributed by atoms with Gasteiger partial charge in [0.2, 0.25) is 0 Å². The van der Waals surface area contributed by atoms with E-state index >= 15 is 0 Å². The standard InChI is InChI=1S/C19H18F3N3/c20-19(21,22)13-9-7-12(8-10-13)17-14-5-3-1-2-4-6-16(14)25-18(24)15(17)11-23/h7-10H,1-6H2,(H2,24,25). The highest BCUT2D eigenvalue weighted by atomic mass is 19.4. The largest absolute Gasteiger partial charge is 0.416 e. The number of halogens is 3. The van der Waals surface area contributed by atoms with Crippen LogP contribution < -0.4 is 5.73 Å². The quantitative estimate of drug-likeness (QED) is 0.801. The molecule has 1 aromatic carbocycles. The summed E-state index contributed by atoms with van der Waals surface area (Å²) in [5.74, 6) is 0.150. The number of anilines is 1. The second-order valence-corrected chi connectivity index (χ2v) is 6.27. The molecule has 0 saturated carbocycles. The Balaban J connectivity index is 2.18. The number of pyridine rings is 1. The van der Waals surface area contributed by atoms with Gasteiger partial charge in [-0.1, -0.05) is 25.0 Å². The fourth-order valence-corrected chi connectivity index (χ4v) is 3.37. The Morgan fingerprint density at radius 3 is 2.24 bits per heavy atom. The summed E-state index contributed by atoms with van der Waals surface area (Å²) < 4.78 is 38.5. The highest BCUT2D eigenvalue weighted by Crippen LogP contribution is 2.37. The van der Waals surface area contributed by atoms with Crippen LogP contribution in [0.1, 0.15) is 48.1 Å². The molecule has 0 amide bonds. The zero-order valence-electron chi connectivity index (χ0n) is 13.7. The monoisotopic (exact) mass is 345 g/mol. The minimum Gasteiger partial charge on any atom is -0.383 e. The van der Waals surface area contributed by atoms with Crippen molar-refractivity contribution < 1.29 is 13.2 Å². The van der Waals surface area contributed by atoms with Crippen molar-refractivity contribution in [2.24, 2.45) is 0 Å². The summed E-state index contributed by atoms with van der Waals surface area (Å²) in [7, 11) is 0. The van der Waals surface area contributed by atoms with Crippen LogP contribution >= 0.6 is 0 Å². The van der Waals surface area contributed by atoms with E-state index in [0.29, 0.717) is 11.1 Å². The second kappa shape index (κ2) is 6.75. The molecule has 25 heavy (non-hydrogen) atoms. The normalized spacial score (nSPS) is 15.0. The van der Waals surface area contributed by atoms with E-state index in [1.54, 1.807) is 0 Å². The number of alkyl halides is 3. The van der Waals surface area contributed by atoms with Gasteiger partial charge >= 0.3 is 6.18 Å². The van der Waals surface area contributed by atoms with Gasteiger partial charge in [-0.3, -0.25) is 0 Å². The maximum Gasteiger partial charge on any atom is 0.416 e. The van der Waals surface area contributed by atoms with E-state index in [4.69, 9.17) is 5.73 Å². The predicted molar refractivity (Wildman–Crippen MR) is 89.7 cm³/mol. The van der Waals surface area contributed by atoms with Crippen LogP contribution in [0.25, 0.3) is 11.1 Å². The molecule has 130 valence electrons. The lowest BCUT2D eigenvalue weighted by atomic mass is 9.87. The summed E-state index contributed by atoms with van der Waals surface area (Å²) in [6.07, 6.45) is 1.33. The molecular weight excluding hydrogens is 327 g/mol. The van der Waals surface area contributed by atoms with Crippen LogP contribution in [0.5, 0.6) is 0 Å². The van der Waals surface area contributed by atoms with Crippen LogP contribution in [0.15, 0.2) is 24.3 Å². The summed E-state index contributed by atoms with van der Waals surface area (Å²) in [5.41, 5.74) is 8.54. The number of nitrogen functional groups attached to an aromatic ring is 1. The molecule has 0 saturated heterocycles. The third-order valence-electron chi connectivity index (χ3n) is 4.61. The molecule has 0 atom stereocenters. The molecule has 0 bridgehead atoms. The number of rotatable bonds is 1. The fourth-order valence-electron chi connectivity index (χ4n) is 3.37. The number of nitrogens with two attached hydrogens (primary N) is 1. The average Bonchev–Trinajstić information content (AvgIpc) is 2.55. The van der Waals surface area contributed by atoms with E-state index in [2.05, 4.69) is 11.1 Å². The first-order valence-electron chi connectivity index (χ1n) is 8.30. The second-order valence-electron chi connectivity index (χ2n) is 6.27. The predicted octanol–water partition coefficient (Wildman–Crippen LogP) is 4.88. The first-order chi connectivity index (χ1) is 11.9. The van der Waals surface area contributed by atoms with Crippen LogP contribution in [0, 0.1) is 11.3 Å². The van der Waals surface area contributed by atoms with Gasteiger partial charge in [0.05, 0.1) is 5.56 Å². The summed E-state index contributed by atoms with van der Waals surface area (Å²) in [4.78, 5) is 4.40. The van der Waals surface area contributed by atoms with Crippen LogP contribution in [-0.2, 0) is 19.0 Å². The lowest BCUT2D eigenvalue weighted by molar-refractivity contribution is -0.137. The average molecular weight is 345 g/mol. The molecule has 1 aromatic heterocycles. The van der Waals surface area contributed by atoms with E-state index in [1.807, 2.05) is 0 Å². The van der Waals surface area contributed by atoms with Gasteiger partial charge in [-0.05, 0) is 48.9 Å². The molecule has 3 nitrogen and oxygen atoms in total. The van der Waals surface area contributed by atoms with Crippen molar-refractivity contribution in [1.82, 2.24) is 4.98 Å². The molecule has 2 N–H and O–H groups in total. The van der Waals surface area contributed by atoms with Gasteiger partial charge in [-0.25, -0.2) is 4.98 Å². The minimum atomic E-state index is -4.39. The molecule has 6 heteroatoms. The SMILES string of the molecule is N#Cc1c(N)nc2c(c1-c1ccc(C(F)(F)F)cc1)CCCCCC2. The highest BCUT2D eigenvalue weighted by molar-refractivity contribution is 5.79. The number of hydrogen-bond donors (Lipinski definition) is 1. The third kappa shape index (κ3) is 3.46. The Morgan fingerprint density at radius 2 is 1.64 bits per heavy atom. The number of hydrogen-bond acceptors (Lipinski definition) is 3. The molecule has 0 spiro atoms. The first-order valence-corrected chi connectivity index (χ1v) is 8.30. The molecule has 2 aromatic rings. The Kier molecular flexibility index (Phi) is 4.67. The van der Waals surface area contributed by atoms with E-state index in [1.165, 1.54) is 12.1 Å². The van der Waals surface area contributed by atoms with Crippen LogP contribution in [0.2, 0.25) is 0 Å². The van der Waals surface area contributed by atoms with Crippen LogP contribution in [-0.4, -0.2) is 4.98 Å². The molecular formula is C19H18F3N3. The number of aryl methyl sites for hydroxylation is 1. The third-order valence-corrected chi connectivity index (χ3v) is 4.61. The molecule has 1 aliphatic rings. The lowest BCUT2D eigenvalue weighted by Gasteiger charge is -2.20. The van der Waals surface area contributed by atoms with Crippen LogP contribution in [0.4, 0.5) is 19.0 Å². The number of fused-ring (bicyclic) bond motifs is 1. The van der Waals surface area contributed by atoms with Crippen molar-refractivity contribution in [3.8, 4) is 17.2 Å². The molecule has 0 fully saturated rings. The lowest BCUT2D eigenvalue weighted by Crippen LogP contribution is -2.10. The topological polar surface area (TPSA) is 62.7 Å². The van der Waals surface area contributed by atoms with Crippen molar-refractivity contribution in [3.63, 3.8) is 0 Å². The van der Waals surface area contributed by atoms with Gasteiger partial charge in [0.1, 0.15) is 17.5 Å². The van der Waals surface area contributed by atoms with Crippen molar-refractivity contribution in [1.29, 1.82) is 5.26 Å². The number of nitrogens with zero attached hydrogens (tertiary/aromatic N) is 2. The Bertz CT molecular complexity index is 818. The van der Waals surface area contributed by atoms with Crippen molar-refractivity contribution in [2.45, 2.75) is 44.7 Å². The van der Waals surface area contributed by atoms with Crippen LogP contribution in [0.3, 0.4) is 0 Å².